The lowest BCUT2D eigenvalue weighted by Gasteiger charge is -2.01. The highest BCUT2D eigenvalue weighted by molar-refractivity contribution is 6.31. The number of hydrogen-bond acceptors (Lipinski definition) is 2. The van der Waals surface area contributed by atoms with Gasteiger partial charge >= 0.3 is 0 Å². The van der Waals surface area contributed by atoms with Crippen molar-refractivity contribution < 1.29 is 0 Å². The topological polar surface area (TPSA) is 41.6 Å². The molecule has 0 radical (unpaired) electrons. The molecule has 0 amide bonds. The molecule has 0 unspecified atom stereocenters. The molecule has 0 spiro atoms. The van der Waals surface area contributed by atoms with Crippen LogP contribution in [-0.2, 0) is 0 Å². The van der Waals surface area contributed by atoms with Crippen LogP contribution >= 0.6 is 11.6 Å². The van der Waals surface area contributed by atoms with Crippen LogP contribution in [0, 0.1) is 11.3 Å². The van der Waals surface area contributed by atoms with Crippen molar-refractivity contribution in [3.8, 4) is 6.07 Å². The Morgan fingerprint density at radius 1 is 1.73 bits per heavy atom. The van der Waals surface area contributed by atoms with E-state index < -0.39 is 0 Å². The zero-order valence-corrected chi connectivity index (χ0v) is 7.13. The van der Waals surface area contributed by atoms with Crippen LogP contribution in [0.25, 0.3) is 0 Å². The summed E-state index contributed by atoms with van der Waals surface area (Å²) in [6.45, 7) is 3.95. The zero-order chi connectivity index (χ0) is 8.43. The second-order valence-corrected chi connectivity index (χ2v) is 2.92. The van der Waals surface area contributed by atoms with Gasteiger partial charge < -0.3 is 0 Å². The van der Waals surface area contributed by atoms with Crippen LogP contribution in [0.5, 0.6) is 0 Å². The molecule has 0 aliphatic rings. The summed E-state index contributed by atoms with van der Waals surface area (Å²) in [5.41, 5.74) is 0.292. The smallest absolute Gasteiger partial charge is 0.181 e. The third-order valence-corrected chi connectivity index (χ3v) is 1.60. The van der Waals surface area contributed by atoms with Crippen molar-refractivity contribution in [2.45, 2.75) is 19.9 Å². The molecule has 11 heavy (non-hydrogen) atoms. The Bertz CT molecular complexity index is 295. The Morgan fingerprint density at radius 3 is 2.64 bits per heavy atom. The lowest BCUT2D eigenvalue weighted by atomic mass is 10.4. The Kier molecular flexibility index (Phi) is 2.16. The van der Waals surface area contributed by atoms with E-state index in [-0.39, 0.29) is 6.04 Å². The molecule has 58 valence electrons. The second kappa shape index (κ2) is 2.93. The number of nitriles is 1. The fraction of sp³-hybridized carbons (Fsp3) is 0.429. The minimum absolute atomic E-state index is 0.245. The summed E-state index contributed by atoms with van der Waals surface area (Å²) in [7, 11) is 0. The zero-order valence-electron chi connectivity index (χ0n) is 6.37. The number of aromatic nitrogens is 2. The molecule has 1 heterocycles. The minimum Gasteiger partial charge on any atom is -0.267 e. The first-order valence-electron chi connectivity index (χ1n) is 3.30. The molecule has 0 aliphatic carbocycles. The van der Waals surface area contributed by atoms with E-state index in [4.69, 9.17) is 16.9 Å². The van der Waals surface area contributed by atoms with Crippen molar-refractivity contribution in [1.29, 1.82) is 5.26 Å². The van der Waals surface area contributed by atoms with Gasteiger partial charge in [0.15, 0.2) is 5.69 Å². The summed E-state index contributed by atoms with van der Waals surface area (Å²) in [5, 5.41) is 12.9. The number of nitrogens with zero attached hydrogens (tertiary/aromatic N) is 3. The fourth-order valence-electron chi connectivity index (χ4n) is 0.710. The van der Waals surface area contributed by atoms with E-state index in [1.54, 1.807) is 10.9 Å². The molecule has 0 N–H and O–H groups in total. The predicted molar refractivity (Wildman–Crippen MR) is 42.3 cm³/mol. The van der Waals surface area contributed by atoms with Crippen molar-refractivity contribution in [1.82, 2.24) is 9.78 Å². The molecule has 0 aliphatic heterocycles. The molecule has 1 rings (SSSR count). The van der Waals surface area contributed by atoms with Crippen LogP contribution < -0.4 is 0 Å². The maximum Gasteiger partial charge on any atom is 0.181 e. The van der Waals surface area contributed by atoms with Crippen molar-refractivity contribution in [3.05, 3.63) is 16.9 Å². The lowest BCUT2D eigenvalue weighted by molar-refractivity contribution is 0.531. The van der Waals surface area contributed by atoms with Gasteiger partial charge in [0.05, 0.1) is 5.02 Å². The average molecular weight is 170 g/mol. The van der Waals surface area contributed by atoms with E-state index in [0.29, 0.717) is 10.7 Å². The molecule has 1 aromatic rings. The maximum absolute atomic E-state index is 8.50. The van der Waals surface area contributed by atoms with Gasteiger partial charge in [-0.1, -0.05) is 11.6 Å². The number of hydrogen-bond donors (Lipinski definition) is 0. The van der Waals surface area contributed by atoms with Gasteiger partial charge in [-0.15, -0.1) is 0 Å². The molecule has 0 aromatic carbocycles. The SMILES string of the molecule is CC(C)n1cc(Cl)c(C#N)n1. The lowest BCUT2D eigenvalue weighted by Crippen LogP contribution is -2.00. The van der Waals surface area contributed by atoms with E-state index in [1.807, 2.05) is 19.9 Å². The third kappa shape index (κ3) is 1.52. The first-order chi connectivity index (χ1) is 5.15. The number of halogens is 1. The molecule has 0 saturated heterocycles. The van der Waals surface area contributed by atoms with Gasteiger partial charge in [-0.05, 0) is 13.8 Å². The molecule has 1 aromatic heterocycles. The Hall–Kier alpha value is -1.01. The van der Waals surface area contributed by atoms with Gasteiger partial charge in [0.25, 0.3) is 0 Å². The molecule has 0 fully saturated rings. The van der Waals surface area contributed by atoms with Crippen LogP contribution in [0.2, 0.25) is 5.02 Å². The summed E-state index contributed by atoms with van der Waals surface area (Å²) in [4.78, 5) is 0. The van der Waals surface area contributed by atoms with Crippen molar-refractivity contribution >= 4 is 11.6 Å². The maximum atomic E-state index is 8.50. The summed E-state index contributed by atoms with van der Waals surface area (Å²) in [6.07, 6.45) is 1.66. The summed E-state index contributed by atoms with van der Waals surface area (Å²) in [6, 6.07) is 2.15. The molecule has 0 atom stereocenters. The van der Waals surface area contributed by atoms with Crippen LogP contribution in [0.3, 0.4) is 0 Å². The third-order valence-electron chi connectivity index (χ3n) is 1.32. The monoisotopic (exact) mass is 169 g/mol. The first-order valence-corrected chi connectivity index (χ1v) is 3.67. The second-order valence-electron chi connectivity index (χ2n) is 2.51. The number of rotatable bonds is 1. The van der Waals surface area contributed by atoms with E-state index >= 15 is 0 Å². The molecule has 3 nitrogen and oxygen atoms in total. The Balaban J connectivity index is 3.07. The van der Waals surface area contributed by atoms with Gasteiger partial charge in [0, 0.05) is 12.2 Å². The van der Waals surface area contributed by atoms with Crippen molar-refractivity contribution in [3.63, 3.8) is 0 Å². The van der Waals surface area contributed by atoms with Crippen LogP contribution in [0.4, 0.5) is 0 Å². The molecule has 0 bridgehead atoms. The van der Waals surface area contributed by atoms with Gasteiger partial charge in [-0.3, -0.25) is 4.68 Å². The average Bonchev–Trinajstić information content (AvgIpc) is 2.31. The predicted octanol–water partition coefficient (Wildman–Crippen LogP) is 1.99. The van der Waals surface area contributed by atoms with Gasteiger partial charge in [0.1, 0.15) is 6.07 Å². The van der Waals surface area contributed by atoms with Crippen LogP contribution in [0.15, 0.2) is 6.20 Å². The van der Waals surface area contributed by atoms with Crippen LogP contribution in [-0.4, -0.2) is 9.78 Å². The van der Waals surface area contributed by atoms with Crippen LogP contribution in [0.1, 0.15) is 25.6 Å². The highest BCUT2D eigenvalue weighted by atomic mass is 35.5. The molecular formula is C7H8ClN3. The Labute approximate surface area is 70.2 Å². The highest BCUT2D eigenvalue weighted by Gasteiger charge is 2.06. The normalized spacial score (nSPS) is 10.1. The van der Waals surface area contributed by atoms with Gasteiger partial charge in [0.2, 0.25) is 0 Å². The Morgan fingerprint density at radius 2 is 2.36 bits per heavy atom. The van der Waals surface area contributed by atoms with Gasteiger partial charge in [-0.25, -0.2) is 0 Å². The van der Waals surface area contributed by atoms with Crippen molar-refractivity contribution in [2.24, 2.45) is 0 Å². The minimum atomic E-state index is 0.245. The molecular weight excluding hydrogens is 162 g/mol. The fourth-order valence-corrected chi connectivity index (χ4v) is 0.890. The van der Waals surface area contributed by atoms with Gasteiger partial charge in [-0.2, -0.15) is 10.4 Å². The first kappa shape index (κ1) is 8.09. The molecule has 4 heteroatoms. The largest absolute Gasteiger partial charge is 0.267 e. The molecule has 0 saturated carbocycles. The van der Waals surface area contributed by atoms with E-state index in [2.05, 4.69) is 5.10 Å². The summed E-state index contributed by atoms with van der Waals surface area (Å²) in [5.74, 6) is 0. The summed E-state index contributed by atoms with van der Waals surface area (Å²) >= 11 is 5.68. The van der Waals surface area contributed by atoms with E-state index in [1.165, 1.54) is 0 Å². The van der Waals surface area contributed by atoms with E-state index in [0.717, 1.165) is 0 Å². The van der Waals surface area contributed by atoms with E-state index in [9.17, 15) is 0 Å². The standard InChI is InChI=1S/C7H8ClN3/c1-5(2)11-4-6(8)7(3-9)10-11/h4-5H,1-2H3. The highest BCUT2D eigenvalue weighted by Crippen LogP contribution is 2.15. The quantitative estimate of drug-likeness (QED) is 0.645. The van der Waals surface area contributed by atoms with Crippen molar-refractivity contribution in [2.75, 3.05) is 0 Å². The summed E-state index contributed by atoms with van der Waals surface area (Å²) < 4.78 is 1.67.